The standard InChI is InChI=1S/C30H51O3PS2/c1-4-7-8-9-10-11-12-13-14-17-20-27-25-29(36-26-27)30-28(22-24-35-30)21-18-15-16-19-23-34(31,32-5-2)33-6-3/h22,24-26H,4-21,23H2,1-3H3. The summed E-state index contributed by atoms with van der Waals surface area (Å²) in [4.78, 5) is 2.91. The molecule has 2 rings (SSSR count). The number of thiophene rings is 2. The average Bonchev–Trinajstić information content (AvgIpc) is 3.52. The molecule has 0 N–H and O–H groups in total. The summed E-state index contributed by atoms with van der Waals surface area (Å²) in [6.07, 6.45) is 21.2. The van der Waals surface area contributed by atoms with Crippen LogP contribution >= 0.6 is 30.3 Å². The van der Waals surface area contributed by atoms with Gasteiger partial charge < -0.3 is 9.05 Å². The van der Waals surface area contributed by atoms with Gasteiger partial charge in [-0.1, -0.05) is 77.6 Å². The van der Waals surface area contributed by atoms with Crippen molar-refractivity contribution in [2.75, 3.05) is 19.4 Å². The molecule has 0 aliphatic carbocycles. The van der Waals surface area contributed by atoms with Gasteiger partial charge in [0.05, 0.1) is 19.4 Å². The fourth-order valence-corrected chi connectivity index (χ4v) is 8.53. The van der Waals surface area contributed by atoms with Gasteiger partial charge in [-0.05, 0) is 80.0 Å². The van der Waals surface area contributed by atoms with E-state index in [-0.39, 0.29) is 0 Å². The van der Waals surface area contributed by atoms with Gasteiger partial charge in [0.2, 0.25) is 0 Å². The van der Waals surface area contributed by atoms with Crippen LogP contribution in [0.2, 0.25) is 0 Å². The zero-order valence-electron chi connectivity index (χ0n) is 23.2. The molecule has 0 spiro atoms. The highest BCUT2D eigenvalue weighted by Crippen LogP contribution is 2.48. The van der Waals surface area contributed by atoms with Gasteiger partial charge in [-0.2, -0.15) is 0 Å². The second-order valence-corrected chi connectivity index (χ2v) is 13.9. The van der Waals surface area contributed by atoms with Gasteiger partial charge in [0, 0.05) is 9.75 Å². The Hall–Kier alpha value is -0.450. The number of hydrogen-bond donors (Lipinski definition) is 0. The van der Waals surface area contributed by atoms with Gasteiger partial charge >= 0.3 is 7.60 Å². The summed E-state index contributed by atoms with van der Waals surface area (Å²) in [5.41, 5.74) is 3.00. The molecule has 0 aliphatic rings. The third kappa shape index (κ3) is 12.9. The summed E-state index contributed by atoms with van der Waals surface area (Å²) in [5, 5.41) is 4.62. The molecule has 2 aromatic heterocycles. The lowest BCUT2D eigenvalue weighted by Crippen LogP contribution is -2.00. The first-order chi connectivity index (χ1) is 17.6. The fourth-order valence-electron chi connectivity index (χ4n) is 4.73. The van der Waals surface area contributed by atoms with Crippen molar-refractivity contribution in [3.63, 3.8) is 0 Å². The monoisotopic (exact) mass is 554 g/mol. The second-order valence-electron chi connectivity index (χ2n) is 9.86. The van der Waals surface area contributed by atoms with E-state index < -0.39 is 7.60 Å². The third-order valence-corrected chi connectivity index (χ3v) is 11.0. The lowest BCUT2D eigenvalue weighted by atomic mass is 10.0. The van der Waals surface area contributed by atoms with Crippen LogP contribution in [0.25, 0.3) is 9.75 Å². The summed E-state index contributed by atoms with van der Waals surface area (Å²) in [6.45, 7) is 6.93. The Kier molecular flexibility index (Phi) is 17.3. The Morgan fingerprint density at radius 1 is 0.722 bits per heavy atom. The molecule has 0 unspecified atom stereocenters. The van der Waals surface area contributed by atoms with Crippen LogP contribution in [0.3, 0.4) is 0 Å². The first kappa shape index (κ1) is 31.8. The van der Waals surface area contributed by atoms with Crippen molar-refractivity contribution in [2.45, 2.75) is 124 Å². The highest BCUT2D eigenvalue weighted by atomic mass is 32.1. The predicted molar refractivity (Wildman–Crippen MR) is 161 cm³/mol. The number of rotatable bonds is 23. The largest absolute Gasteiger partial charge is 0.330 e. The van der Waals surface area contributed by atoms with Crippen molar-refractivity contribution < 1.29 is 13.6 Å². The van der Waals surface area contributed by atoms with Crippen LogP contribution < -0.4 is 0 Å². The first-order valence-electron chi connectivity index (χ1n) is 14.6. The minimum Gasteiger partial charge on any atom is -0.309 e. The lowest BCUT2D eigenvalue weighted by Gasteiger charge is -2.16. The Morgan fingerprint density at radius 3 is 1.94 bits per heavy atom. The van der Waals surface area contributed by atoms with Crippen molar-refractivity contribution in [2.24, 2.45) is 0 Å². The summed E-state index contributed by atoms with van der Waals surface area (Å²) in [5.74, 6) is 0. The quantitative estimate of drug-likeness (QED) is 0.101. The van der Waals surface area contributed by atoms with Crippen LogP contribution in [0.1, 0.15) is 122 Å². The molecular weight excluding hydrogens is 503 g/mol. The van der Waals surface area contributed by atoms with Crippen molar-refractivity contribution >= 4 is 30.3 Å². The van der Waals surface area contributed by atoms with E-state index in [0.717, 1.165) is 25.7 Å². The van der Waals surface area contributed by atoms with Crippen LogP contribution in [0.5, 0.6) is 0 Å². The van der Waals surface area contributed by atoms with Crippen molar-refractivity contribution in [1.82, 2.24) is 0 Å². The van der Waals surface area contributed by atoms with Gasteiger partial charge in [-0.15, -0.1) is 22.7 Å². The molecule has 0 atom stereocenters. The maximum Gasteiger partial charge on any atom is 0.330 e. The average molecular weight is 555 g/mol. The van der Waals surface area contributed by atoms with Crippen LogP contribution in [-0.2, 0) is 26.5 Å². The molecule has 206 valence electrons. The Morgan fingerprint density at radius 2 is 1.31 bits per heavy atom. The second kappa shape index (κ2) is 19.6. The molecule has 0 aliphatic heterocycles. The Labute approximate surface area is 229 Å². The van der Waals surface area contributed by atoms with E-state index >= 15 is 0 Å². The molecule has 0 radical (unpaired) electrons. The minimum atomic E-state index is -2.88. The normalized spacial score (nSPS) is 12.0. The zero-order chi connectivity index (χ0) is 25.9. The van der Waals surface area contributed by atoms with E-state index in [0.29, 0.717) is 19.4 Å². The molecule has 36 heavy (non-hydrogen) atoms. The van der Waals surface area contributed by atoms with E-state index in [1.54, 1.807) is 0 Å². The molecule has 3 nitrogen and oxygen atoms in total. The summed E-state index contributed by atoms with van der Waals surface area (Å²) in [6, 6.07) is 4.74. The predicted octanol–water partition coefficient (Wildman–Crippen LogP) is 11.3. The molecule has 2 aromatic rings. The lowest BCUT2D eigenvalue weighted by molar-refractivity contribution is 0.219. The van der Waals surface area contributed by atoms with Gasteiger partial charge in [0.1, 0.15) is 0 Å². The van der Waals surface area contributed by atoms with Crippen molar-refractivity contribution in [1.29, 1.82) is 0 Å². The van der Waals surface area contributed by atoms with E-state index in [1.807, 2.05) is 36.5 Å². The van der Waals surface area contributed by atoms with Gasteiger partial charge in [0.25, 0.3) is 0 Å². The van der Waals surface area contributed by atoms with E-state index in [4.69, 9.17) is 9.05 Å². The maximum atomic E-state index is 12.6. The van der Waals surface area contributed by atoms with Crippen LogP contribution in [0, 0.1) is 0 Å². The number of unbranched alkanes of at least 4 members (excludes halogenated alkanes) is 12. The highest BCUT2D eigenvalue weighted by Gasteiger charge is 2.22. The fraction of sp³-hybridized carbons (Fsp3) is 0.733. The first-order valence-corrected chi connectivity index (χ1v) is 18.1. The zero-order valence-corrected chi connectivity index (χ0v) is 25.8. The third-order valence-electron chi connectivity index (χ3n) is 6.72. The molecule has 2 heterocycles. The Bertz CT molecular complexity index is 835. The minimum absolute atomic E-state index is 0.446. The van der Waals surface area contributed by atoms with Crippen molar-refractivity contribution in [3.8, 4) is 9.75 Å². The van der Waals surface area contributed by atoms with Crippen LogP contribution in [-0.4, -0.2) is 19.4 Å². The summed E-state index contributed by atoms with van der Waals surface area (Å²) >= 11 is 3.80. The van der Waals surface area contributed by atoms with Gasteiger partial charge in [-0.3, -0.25) is 4.57 Å². The molecule has 0 aromatic carbocycles. The van der Waals surface area contributed by atoms with Gasteiger partial charge in [0.15, 0.2) is 0 Å². The van der Waals surface area contributed by atoms with Gasteiger partial charge in [-0.25, -0.2) is 0 Å². The molecule has 0 saturated carbocycles. The number of hydrogen-bond acceptors (Lipinski definition) is 5. The van der Waals surface area contributed by atoms with Crippen LogP contribution in [0.15, 0.2) is 22.9 Å². The highest BCUT2D eigenvalue weighted by molar-refractivity contribution is 7.53. The molecule has 0 saturated heterocycles. The van der Waals surface area contributed by atoms with E-state index in [2.05, 4.69) is 29.8 Å². The molecule has 0 bridgehead atoms. The van der Waals surface area contributed by atoms with E-state index in [9.17, 15) is 4.57 Å². The van der Waals surface area contributed by atoms with Crippen molar-refractivity contribution in [3.05, 3.63) is 34.0 Å². The molecular formula is C30H51O3PS2. The maximum absolute atomic E-state index is 12.6. The summed E-state index contributed by atoms with van der Waals surface area (Å²) in [7, 11) is -2.88. The number of aryl methyl sites for hydroxylation is 2. The molecule has 6 heteroatoms. The summed E-state index contributed by atoms with van der Waals surface area (Å²) < 4.78 is 23.4. The smallest absolute Gasteiger partial charge is 0.309 e. The topological polar surface area (TPSA) is 35.5 Å². The van der Waals surface area contributed by atoms with Crippen LogP contribution in [0.4, 0.5) is 0 Å². The SMILES string of the molecule is CCCCCCCCCCCCc1csc(-c2sccc2CCCCCCP(=O)(OCC)OCC)c1. The molecule has 0 amide bonds. The van der Waals surface area contributed by atoms with E-state index in [1.165, 1.54) is 97.9 Å². The Balaban J connectivity index is 1.62. The molecule has 0 fully saturated rings.